The number of hydrogen-bond acceptors (Lipinski definition) is 5. The second kappa shape index (κ2) is 11.0. The van der Waals surface area contributed by atoms with Crippen molar-refractivity contribution < 1.29 is 45.9 Å². The summed E-state index contributed by atoms with van der Waals surface area (Å²) in [7, 11) is 0. The predicted molar refractivity (Wildman–Crippen MR) is 87.5 cm³/mol. The first-order valence-electron chi connectivity index (χ1n) is 8.81. The molecule has 0 aliphatic rings. The number of carbonyl (C=O) groups excluding carboxylic acids is 2. The lowest BCUT2D eigenvalue weighted by Gasteiger charge is -2.21. The Bertz CT molecular complexity index is 681. The van der Waals surface area contributed by atoms with Gasteiger partial charge in [0.05, 0.1) is 11.5 Å². The van der Waals surface area contributed by atoms with Crippen molar-refractivity contribution in [1.82, 2.24) is 5.48 Å². The molecule has 1 atom stereocenters. The summed E-state index contributed by atoms with van der Waals surface area (Å²) in [4.78, 5) is 26.8. The summed E-state index contributed by atoms with van der Waals surface area (Å²) >= 11 is 0. The maximum Gasteiger partial charge on any atom is 0.389 e. The zero-order valence-electron chi connectivity index (χ0n) is 15.2. The lowest BCUT2D eigenvalue weighted by atomic mass is 10.1. The van der Waals surface area contributed by atoms with Crippen LogP contribution in [-0.2, 0) is 4.84 Å². The molecule has 29 heavy (non-hydrogen) atoms. The summed E-state index contributed by atoms with van der Waals surface area (Å²) in [5.74, 6) is -3.18. The number of rotatable bonds is 12. The number of unbranched alkanes of at least 4 members (excludes halogenated alkanes) is 4. The smallest absolute Gasteiger partial charge is 0.389 e. The highest BCUT2D eigenvalue weighted by molar-refractivity contribution is 6.01. The molecular formula is C18H20F6NO4-. The van der Waals surface area contributed by atoms with Crippen molar-refractivity contribution in [2.75, 3.05) is 0 Å². The molecule has 1 rings (SSSR count). The Labute approximate surface area is 163 Å². The molecular weight excluding hydrogens is 408 g/mol. The van der Waals surface area contributed by atoms with Crippen LogP contribution in [0.15, 0.2) is 24.3 Å². The molecule has 0 amide bonds. The standard InChI is InChI=1S/C18H21F6NO4/c19-14(10-4-2-1-3-7-11-17(20,21)22)18(23,24)25-29-16(28)13-9-6-5-8-12(13)15(26)27/h5-6,8-9,14,25H,1-4,7,10-11H2,(H,26,27)/p-1. The molecule has 0 heterocycles. The van der Waals surface area contributed by atoms with E-state index in [1.807, 2.05) is 0 Å². The molecule has 164 valence electrons. The maximum absolute atomic E-state index is 13.7. The number of carboxylic acids is 1. The summed E-state index contributed by atoms with van der Waals surface area (Å²) in [6.07, 6.45) is -7.70. The first kappa shape index (κ1) is 24.7. The number of benzene rings is 1. The van der Waals surface area contributed by atoms with Crippen LogP contribution in [0.5, 0.6) is 0 Å². The van der Waals surface area contributed by atoms with Gasteiger partial charge < -0.3 is 14.7 Å². The first-order valence-corrected chi connectivity index (χ1v) is 8.81. The van der Waals surface area contributed by atoms with Gasteiger partial charge in [-0.15, -0.1) is 0 Å². The molecule has 1 unspecified atom stereocenters. The number of carbonyl (C=O) groups is 2. The largest absolute Gasteiger partial charge is 0.545 e. The van der Waals surface area contributed by atoms with E-state index in [4.69, 9.17) is 0 Å². The Morgan fingerprint density at radius 2 is 1.52 bits per heavy atom. The van der Waals surface area contributed by atoms with Crippen LogP contribution in [0.25, 0.3) is 0 Å². The van der Waals surface area contributed by atoms with E-state index < -0.39 is 54.3 Å². The van der Waals surface area contributed by atoms with Crippen LogP contribution in [0, 0.1) is 0 Å². The van der Waals surface area contributed by atoms with Gasteiger partial charge in [0.2, 0.25) is 0 Å². The van der Waals surface area contributed by atoms with Crippen molar-refractivity contribution in [3.05, 3.63) is 35.4 Å². The van der Waals surface area contributed by atoms with Gasteiger partial charge in [-0.2, -0.15) is 22.0 Å². The second-order valence-electron chi connectivity index (χ2n) is 6.34. The van der Waals surface area contributed by atoms with Gasteiger partial charge in [0.25, 0.3) is 0 Å². The topological polar surface area (TPSA) is 78.5 Å². The monoisotopic (exact) mass is 428 g/mol. The number of alkyl halides is 6. The van der Waals surface area contributed by atoms with E-state index >= 15 is 0 Å². The van der Waals surface area contributed by atoms with Crippen LogP contribution in [0.2, 0.25) is 0 Å². The molecule has 0 fully saturated rings. The van der Waals surface area contributed by atoms with Gasteiger partial charge in [-0.1, -0.05) is 49.4 Å². The molecule has 0 radical (unpaired) electrons. The van der Waals surface area contributed by atoms with E-state index in [2.05, 4.69) is 4.84 Å². The van der Waals surface area contributed by atoms with Crippen LogP contribution >= 0.6 is 0 Å². The minimum absolute atomic E-state index is 0.00587. The van der Waals surface area contributed by atoms with E-state index in [0.29, 0.717) is 6.42 Å². The quantitative estimate of drug-likeness (QED) is 0.236. The fraction of sp³-hybridized carbons (Fsp3) is 0.556. The minimum Gasteiger partial charge on any atom is -0.545 e. The average molecular weight is 428 g/mol. The molecule has 1 N–H and O–H groups in total. The normalized spacial score (nSPS) is 13.2. The van der Waals surface area contributed by atoms with Crippen molar-refractivity contribution in [3.63, 3.8) is 0 Å². The van der Waals surface area contributed by atoms with Crippen molar-refractivity contribution in [2.24, 2.45) is 0 Å². The van der Waals surface area contributed by atoms with E-state index in [1.165, 1.54) is 12.1 Å². The van der Waals surface area contributed by atoms with E-state index in [0.717, 1.165) is 17.6 Å². The molecule has 0 spiro atoms. The van der Waals surface area contributed by atoms with Crippen LogP contribution in [0.3, 0.4) is 0 Å². The number of hydroxylamine groups is 1. The van der Waals surface area contributed by atoms with Crippen LogP contribution in [0.4, 0.5) is 26.3 Å². The lowest BCUT2D eigenvalue weighted by molar-refractivity contribution is -0.255. The molecule has 11 heteroatoms. The number of halogens is 6. The van der Waals surface area contributed by atoms with Gasteiger partial charge in [-0.05, 0) is 18.9 Å². The SMILES string of the molecule is O=C([O-])c1ccccc1C(=O)ONC(F)(F)C(F)CCCCCCCC(F)(F)F. The Balaban J connectivity index is 2.38. The fourth-order valence-electron chi connectivity index (χ4n) is 2.43. The van der Waals surface area contributed by atoms with Gasteiger partial charge >= 0.3 is 18.2 Å². The van der Waals surface area contributed by atoms with Gasteiger partial charge in [0.15, 0.2) is 6.17 Å². The zero-order chi connectivity index (χ0) is 22.1. The van der Waals surface area contributed by atoms with E-state index in [1.54, 1.807) is 0 Å². The number of aromatic carboxylic acids is 1. The molecule has 1 aromatic carbocycles. The van der Waals surface area contributed by atoms with Crippen molar-refractivity contribution in [2.45, 2.75) is 63.3 Å². The zero-order valence-corrected chi connectivity index (χ0v) is 15.2. The third-order valence-electron chi connectivity index (χ3n) is 3.96. The van der Waals surface area contributed by atoms with Crippen LogP contribution in [-0.4, -0.2) is 30.3 Å². The van der Waals surface area contributed by atoms with Gasteiger partial charge in [-0.3, -0.25) is 0 Å². The Morgan fingerprint density at radius 1 is 0.966 bits per heavy atom. The molecule has 0 bridgehead atoms. The van der Waals surface area contributed by atoms with Gasteiger partial charge in [0.1, 0.15) is 0 Å². The molecule has 5 nitrogen and oxygen atoms in total. The highest BCUT2D eigenvalue weighted by atomic mass is 19.4. The molecule has 0 saturated heterocycles. The number of nitrogens with one attached hydrogen (secondary N) is 1. The maximum atomic E-state index is 13.7. The molecule has 1 aromatic rings. The Hall–Kier alpha value is -2.30. The van der Waals surface area contributed by atoms with E-state index in [-0.39, 0.29) is 25.7 Å². The Kier molecular flexibility index (Phi) is 9.41. The summed E-state index contributed by atoms with van der Waals surface area (Å²) < 4.78 is 77.0. The highest BCUT2D eigenvalue weighted by Crippen LogP contribution is 2.25. The third-order valence-corrected chi connectivity index (χ3v) is 3.96. The summed E-state index contributed by atoms with van der Waals surface area (Å²) in [6, 6.07) is 0.344. The van der Waals surface area contributed by atoms with Crippen molar-refractivity contribution in [1.29, 1.82) is 0 Å². The minimum atomic E-state index is -4.24. The van der Waals surface area contributed by atoms with Gasteiger partial charge in [-0.25, -0.2) is 9.18 Å². The van der Waals surface area contributed by atoms with E-state index in [9.17, 15) is 41.0 Å². The first-order chi connectivity index (χ1) is 13.4. The summed E-state index contributed by atoms with van der Waals surface area (Å²) in [5, 5.41) is 10.9. The van der Waals surface area contributed by atoms with Gasteiger partial charge in [0, 0.05) is 12.0 Å². The average Bonchev–Trinajstić information content (AvgIpc) is 2.64. The highest BCUT2D eigenvalue weighted by Gasteiger charge is 2.41. The molecule has 0 aromatic heterocycles. The van der Waals surface area contributed by atoms with Crippen LogP contribution < -0.4 is 10.6 Å². The van der Waals surface area contributed by atoms with Crippen LogP contribution in [0.1, 0.15) is 65.7 Å². The number of carboxylic acid groups (broad SMARTS) is 1. The fourth-order valence-corrected chi connectivity index (χ4v) is 2.43. The second-order valence-corrected chi connectivity index (χ2v) is 6.34. The molecule has 0 aliphatic heterocycles. The lowest BCUT2D eigenvalue weighted by Crippen LogP contribution is -2.46. The predicted octanol–water partition coefficient (Wildman–Crippen LogP) is 3.94. The third kappa shape index (κ3) is 9.16. The van der Waals surface area contributed by atoms with Crippen molar-refractivity contribution >= 4 is 11.9 Å². The summed E-state index contributed by atoms with van der Waals surface area (Å²) in [6.45, 7) is 0. The van der Waals surface area contributed by atoms with Crippen molar-refractivity contribution in [3.8, 4) is 0 Å². The summed E-state index contributed by atoms with van der Waals surface area (Å²) in [5.41, 5.74) is -0.125. The molecule has 0 saturated carbocycles. The molecule has 0 aliphatic carbocycles. The number of hydrogen-bond donors (Lipinski definition) is 1. The Morgan fingerprint density at radius 3 is 2.10 bits per heavy atom.